The number of aryl methyl sites for hydroxylation is 3. The number of hydrogen-bond acceptors (Lipinski definition) is 6. The Kier molecular flexibility index (Phi) is 5.27. The fourth-order valence-electron chi connectivity index (χ4n) is 2.59. The molecule has 2 aromatic heterocycles. The lowest BCUT2D eigenvalue weighted by molar-refractivity contribution is 0.0954. The van der Waals surface area contributed by atoms with Crippen LogP contribution in [0.4, 0.5) is 5.95 Å². The molecule has 0 aliphatic rings. The zero-order chi connectivity index (χ0) is 18.7. The fourth-order valence-corrected chi connectivity index (χ4v) is 3.52. The first kappa shape index (κ1) is 18.0. The molecule has 0 spiro atoms. The van der Waals surface area contributed by atoms with Gasteiger partial charge in [0.1, 0.15) is 0 Å². The van der Waals surface area contributed by atoms with E-state index >= 15 is 0 Å². The molecule has 2 heterocycles. The molecule has 3 rings (SSSR count). The molecular formula is C19H21N5OS. The zero-order valence-electron chi connectivity index (χ0n) is 15.0. The first-order valence-corrected chi connectivity index (χ1v) is 9.17. The Morgan fingerprint density at radius 3 is 2.65 bits per heavy atom. The highest BCUT2D eigenvalue weighted by molar-refractivity contribution is 7.11. The number of carbonyl (C=O) groups excluding carboxylic acids is 1. The third-order valence-electron chi connectivity index (χ3n) is 3.99. The van der Waals surface area contributed by atoms with Crippen molar-refractivity contribution in [1.82, 2.24) is 20.3 Å². The van der Waals surface area contributed by atoms with Crippen LogP contribution < -0.4 is 11.1 Å². The standard InChI is InChI=1S/C19H21N5OS/c1-11-9-16(24-19(20)22-11)14-5-4-6-15(10-14)18(25)21-8-7-17-23-12(2)13(3)26-17/h4-6,9-10H,7-8H2,1-3H3,(H,21,25)(H2,20,22,24). The van der Waals surface area contributed by atoms with Crippen LogP contribution in [0.3, 0.4) is 0 Å². The molecular weight excluding hydrogens is 346 g/mol. The van der Waals surface area contributed by atoms with Gasteiger partial charge in [-0.05, 0) is 39.0 Å². The van der Waals surface area contributed by atoms with Crippen molar-refractivity contribution in [3.63, 3.8) is 0 Å². The number of amides is 1. The molecule has 0 unspecified atom stereocenters. The summed E-state index contributed by atoms with van der Waals surface area (Å²) in [6.07, 6.45) is 0.729. The average molecular weight is 367 g/mol. The molecule has 1 amide bonds. The largest absolute Gasteiger partial charge is 0.368 e. The van der Waals surface area contributed by atoms with E-state index in [1.807, 2.05) is 38.1 Å². The molecule has 1 aromatic carbocycles. The summed E-state index contributed by atoms with van der Waals surface area (Å²) in [4.78, 5) is 26.5. The first-order chi connectivity index (χ1) is 12.4. The predicted molar refractivity (Wildman–Crippen MR) is 104 cm³/mol. The third-order valence-corrected chi connectivity index (χ3v) is 5.12. The molecule has 0 bridgehead atoms. The summed E-state index contributed by atoms with van der Waals surface area (Å²) in [6, 6.07) is 9.19. The molecule has 3 aromatic rings. The van der Waals surface area contributed by atoms with Crippen molar-refractivity contribution in [1.29, 1.82) is 0 Å². The van der Waals surface area contributed by atoms with Gasteiger partial charge in [0.25, 0.3) is 5.91 Å². The van der Waals surface area contributed by atoms with Crippen molar-refractivity contribution < 1.29 is 4.79 Å². The van der Waals surface area contributed by atoms with E-state index < -0.39 is 0 Å². The molecule has 3 N–H and O–H groups in total. The van der Waals surface area contributed by atoms with E-state index in [1.165, 1.54) is 4.88 Å². The number of hydrogen-bond donors (Lipinski definition) is 2. The second-order valence-corrected chi connectivity index (χ2v) is 7.38. The molecule has 26 heavy (non-hydrogen) atoms. The molecule has 0 atom stereocenters. The molecule has 0 fully saturated rings. The highest BCUT2D eigenvalue weighted by Gasteiger charge is 2.10. The third kappa shape index (κ3) is 4.23. The van der Waals surface area contributed by atoms with Gasteiger partial charge in [0.05, 0.1) is 16.4 Å². The Morgan fingerprint density at radius 2 is 1.96 bits per heavy atom. The van der Waals surface area contributed by atoms with Gasteiger partial charge in [-0.2, -0.15) is 0 Å². The molecule has 0 saturated heterocycles. The van der Waals surface area contributed by atoms with E-state index in [0.717, 1.165) is 28.4 Å². The number of nitrogens with two attached hydrogens (primary N) is 1. The van der Waals surface area contributed by atoms with Gasteiger partial charge in [-0.25, -0.2) is 15.0 Å². The highest BCUT2D eigenvalue weighted by Crippen LogP contribution is 2.20. The van der Waals surface area contributed by atoms with Crippen LogP contribution in [-0.4, -0.2) is 27.4 Å². The predicted octanol–water partition coefficient (Wildman–Crippen LogP) is 3.08. The lowest BCUT2D eigenvalue weighted by Gasteiger charge is -2.07. The number of thiazole rings is 1. The smallest absolute Gasteiger partial charge is 0.251 e. The van der Waals surface area contributed by atoms with Gasteiger partial charge >= 0.3 is 0 Å². The summed E-state index contributed by atoms with van der Waals surface area (Å²) in [5, 5.41) is 3.99. The van der Waals surface area contributed by atoms with Gasteiger partial charge in [0.15, 0.2) is 0 Å². The summed E-state index contributed by atoms with van der Waals surface area (Å²) in [5.41, 5.74) is 9.70. The fraction of sp³-hybridized carbons (Fsp3) is 0.263. The number of aromatic nitrogens is 3. The monoisotopic (exact) mass is 367 g/mol. The Labute approximate surface area is 156 Å². The summed E-state index contributed by atoms with van der Waals surface area (Å²) < 4.78 is 0. The number of nitrogens with one attached hydrogen (secondary N) is 1. The van der Waals surface area contributed by atoms with Crippen molar-refractivity contribution in [3.05, 3.63) is 57.2 Å². The van der Waals surface area contributed by atoms with Crippen molar-refractivity contribution in [2.45, 2.75) is 27.2 Å². The van der Waals surface area contributed by atoms with Crippen LogP contribution in [0.1, 0.15) is 31.6 Å². The van der Waals surface area contributed by atoms with Crippen molar-refractivity contribution in [2.75, 3.05) is 12.3 Å². The van der Waals surface area contributed by atoms with E-state index in [-0.39, 0.29) is 11.9 Å². The minimum absolute atomic E-state index is 0.115. The number of anilines is 1. The minimum atomic E-state index is -0.115. The second kappa shape index (κ2) is 7.61. The zero-order valence-corrected chi connectivity index (χ0v) is 15.9. The van der Waals surface area contributed by atoms with Gasteiger partial charge in [-0.1, -0.05) is 12.1 Å². The topological polar surface area (TPSA) is 93.8 Å². The van der Waals surface area contributed by atoms with Crippen LogP contribution in [0.5, 0.6) is 0 Å². The van der Waals surface area contributed by atoms with Crippen LogP contribution in [0.2, 0.25) is 0 Å². The van der Waals surface area contributed by atoms with E-state index in [1.54, 1.807) is 17.4 Å². The van der Waals surface area contributed by atoms with Crippen LogP contribution in [0.25, 0.3) is 11.3 Å². The van der Waals surface area contributed by atoms with Gasteiger partial charge in [-0.15, -0.1) is 11.3 Å². The summed E-state index contributed by atoms with van der Waals surface area (Å²) >= 11 is 1.68. The Bertz CT molecular complexity index is 911. The van der Waals surface area contributed by atoms with Crippen LogP contribution in [0, 0.1) is 20.8 Å². The number of nitrogens with zero attached hydrogens (tertiary/aromatic N) is 3. The van der Waals surface area contributed by atoms with E-state index in [9.17, 15) is 4.79 Å². The van der Waals surface area contributed by atoms with Crippen LogP contribution in [0.15, 0.2) is 30.3 Å². The molecule has 0 aliphatic carbocycles. The SMILES string of the molecule is Cc1cc(-c2cccc(C(=O)NCCc3nc(C)c(C)s3)c2)nc(N)n1. The maximum atomic E-state index is 12.4. The van der Waals surface area contributed by atoms with Gasteiger partial charge in [0, 0.05) is 34.7 Å². The van der Waals surface area contributed by atoms with Crippen LogP contribution >= 0.6 is 11.3 Å². The lowest BCUT2D eigenvalue weighted by Crippen LogP contribution is -2.25. The van der Waals surface area contributed by atoms with Gasteiger partial charge < -0.3 is 11.1 Å². The molecule has 134 valence electrons. The maximum absolute atomic E-state index is 12.4. The summed E-state index contributed by atoms with van der Waals surface area (Å²) in [7, 11) is 0. The molecule has 7 heteroatoms. The lowest BCUT2D eigenvalue weighted by atomic mass is 10.1. The van der Waals surface area contributed by atoms with E-state index in [4.69, 9.17) is 5.73 Å². The van der Waals surface area contributed by atoms with Crippen molar-refractivity contribution in [2.24, 2.45) is 0 Å². The normalized spacial score (nSPS) is 10.7. The number of rotatable bonds is 5. The molecule has 0 aliphatic heterocycles. The van der Waals surface area contributed by atoms with Gasteiger partial charge in [-0.3, -0.25) is 4.79 Å². The van der Waals surface area contributed by atoms with E-state index in [2.05, 4.69) is 27.2 Å². The Balaban J connectivity index is 1.68. The van der Waals surface area contributed by atoms with E-state index in [0.29, 0.717) is 17.8 Å². The van der Waals surface area contributed by atoms with Crippen molar-refractivity contribution >= 4 is 23.2 Å². The number of carbonyl (C=O) groups is 1. The maximum Gasteiger partial charge on any atom is 0.251 e. The molecule has 6 nitrogen and oxygen atoms in total. The Hall–Kier alpha value is -2.80. The molecule has 0 saturated carbocycles. The first-order valence-electron chi connectivity index (χ1n) is 8.35. The van der Waals surface area contributed by atoms with Crippen LogP contribution in [-0.2, 0) is 6.42 Å². The second-order valence-electron chi connectivity index (χ2n) is 6.09. The Morgan fingerprint density at radius 1 is 1.15 bits per heavy atom. The van der Waals surface area contributed by atoms with Crippen molar-refractivity contribution in [3.8, 4) is 11.3 Å². The summed E-state index contributed by atoms with van der Waals surface area (Å²) in [6.45, 7) is 6.47. The number of nitrogen functional groups attached to an aromatic ring is 1. The average Bonchev–Trinajstić information content (AvgIpc) is 2.92. The quantitative estimate of drug-likeness (QED) is 0.723. The highest BCUT2D eigenvalue weighted by atomic mass is 32.1. The molecule has 0 radical (unpaired) electrons. The van der Waals surface area contributed by atoms with Gasteiger partial charge in [0.2, 0.25) is 5.95 Å². The minimum Gasteiger partial charge on any atom is -0.368 e. The number of benzene rings is 1. The summed E-state index contributed by atoms with van der Waals surface area (Å²) in [5.74, 6) is 0.111.